The molecule has 0 saturated carbocycles. The Morgan fingerprint density at radius 3 is 2.38 bits per heavy atom. The summed E-state index contributed by atoms with van der Waals surface area (Å²) in [5.74, 6) is 0.240. The monoisotopic (exact) mass is 311 g/mol. The van der Waals surface area contributed by atoms with Crippen LogP contribution in [-0.2, 0) is 4.79 Å². The van der Waals surface area contributed by atoms with Crippen molar-refractivity contribution in [2.24, 2.45) is 0 Å². The van der Waals surface area contributed by atoms with Gasteiger partial charge in [-0.25, -0.2) is 4.98 Å². The Hall–Kier alpha value is -1.83. The Morgan fingerprint density at radius 2 is 1.86 bits per heavy atom. The largest absolute Gasteiger partial charge is 0.382 e. The fourth-order valence-corrected chi connectivity index (χ4v) is 3.12. The Labute approximate surface area is 128 Å². The van der Waals surface area contributed by atoms with Gasteiger partial charge in [0.05, 0.1) is 0 Å². The van der Waals surface area contributed by atoms with E-state index in [1.165, 1.54) is 11.3 Å². The number of thiazole rings is 1. The molecule has 0 aliphatic carbocycles. The second-order valence-corrected chi connectivity index (χ2v) is 6.00. The van der Waals surface area contributed by atoms with Crippen LogP contribution in [0.3, 0.4) is 0 Å². The molecule has 1 aromatic rings. The minimum atomic E-state index is -0.0936. The highest BCUT2D eigenvalue weighted by Gasteiger charge is 2.27. The van der Waals surface area contributed by atoms with Crippen molar-refractivity contribution in [3.63, 3.8) is 0 Å². The van der Waals surface area contributed by atoms with Gasteiger partial charge in [-0.1, -0.05) is 11.3 Å². The first-order valence-electron chi connectivity index (χ1n) is 6.96. The predicted octanol–water partition coefficient (Wildman–Crippen LogP) is 0.486. The van der Waals surface area contributed by atoms with E-state index in [0.29, 0.717) is 31.1 Å². The molecular formula is C13H21N5O2S. The highest BCUT2D eigenvalue weighted by Crippen LogP contribution is 2.28. The lowest BCUT2D eigenvalue weighted by Crippen LogP contribution is -2.50. The molecule has 0 unspecified atom stereocenters. The van der Waals surface area contributed by atoms with Crippen LogP contribution in [0.5, 0.6) is 0 Å². The number of hydrogen-bond donors (Lipinski definition) is 1. The highest BCUT2D eigenvalue weighted by molar-refractivity contribution is 7.18. The minimum Gasteiger partial charge on any atom is -0.382 e. The van der Waals surface area contributed by atoms with Gasteiger partial charge in [-0.15, -0.1) is 0 Å². The van der Waals surface area contributed by atoms with Gasteiger partial charge in [-0.05, 0) is 6.92 Å². The molecule has 8 heteroatoms. The van der Waals surface area contributed by atoms with Crippen molar-refractivity contribution >= 4 is 34.1 Å². The summed E-state index contributed by atoms with van der Waals surface area (Å²) < 4.78 is 0. The molecule has 116 valence electrons. The van der Waals surface area contributed by atoms with E-state index in [2.05, 4.69) is 4.98 Å². The second-order valence-electron chi connectivity index (χ2n) is 5.02. The fraction of sp³-hybridized carbons (Fsp3) is 0.615. The summed E-state index contributed by atoms with van der Waals surface area (Å²) in [7, 11) is 1.91. The van der Waals surface area contributed by atoms with E-state index in [9.17, 15) is 9.59 Å². The number of rotatable bonds is 3. The molecule has 1 aliphatic heterocycles. The second kappa shape index (κ2) is 6.30. The minimum absolute atomic E-state index is 0.0475. The molecule has 0 radical (unpaired) electrons. The Morgan fingerprint density at radius 1 is 1.29 bits per heavy atom. The molecule has 0 bridgehead atoms. The van der Waals surface area contributed by atoms with Gasteiger partial charge in [0, 0.05) is 46.7 Å². The van der Waals surface area contributed by atoms with Crippen molar-refractivity contribution in [2.45, 2.75) is 13.8 Å². The van der Waals surface area contributed by atoms with Crippen molar-refractivity contribution < 1.29 is 9.59 Å². The third kappa shape index (κ3) is 3.26. The maximum absolute atomic E-state index is 12.5. The summed E-state index contributed by atoms with van der Waals surface area (Å²) >= 11 is 1.32. The van der Waals surface area contributed by atoms with Crippen LogP contribution < -0.4 is 10.6 Å². The molecule has 0 spiro atoms. The molecule has 1 aliphatic rings. The van der Waals surface area contributed by atoms with Crippen LogP contribution in [0.15, 0.2) is 0 Å². The quantitative estimate of drug-likeness (QED) is 0.878. The summed E-state index contributed by atoms with van der Waals surface area (Å²) in [6.45, 7) is 6.58. The van der Waals surface area contributed by atoms with Crippen LogP contribution in [-0.4, -0.2) is 66.4 Å². The molecule has 7 nitrogen and oxygen atoms in total. The number of nitrogens with two attached hydrogens (primary N) is 1. The Balaban J connectivity index is 2.07. The third-order valence-electron chi connectivity index (χ3n) is 3.65. The average molecular weight is 311 g/mol. The zero-order valence-electron chi connectivity index (χ0n) is 12.6. The fourth-order valence-electron chi connectivity index (χ4n) is 2.14. The van der Waals surface area contributed by atoms with Crippen LogP contribution in [0, 0.1) is 0 Å². The van der Waals surface area contributed by atoms with Crippen molar-refractivity contribution in [2.75, 3.05) is 50.4 Å². The normalized spacial score (nSPS) is 15.2. The van der Waals surface area contributed by atoms with E-state index >= 15 is 0 Å². The van der Waals surface area contributed by atoms with Gasteiger partial charge < -0.3 is 20.4 Å². The maximum Gasteiger partial charge on any atom is 0.267 e. The van der Waals surface area contributed by atoms with E-state index < -0.39 is 0 Å². The van der Waals surface area contributed by atoms with Crippen LogP contribution in [0.25, 0.3) is 0 Å². The van der Waals surface area contributed by atoms with Gasteiger partial charge in [-0.3, -0.25) is 9.59 Å². The lowest BCUT2D eigenvalue weighted by molar-refractivity contribution is -0.130. The molecule has 0 atom stereocenters. The molecule has 1 aromatic heterocycles. The van der Waals surface area contributed by atoms with Gasteiger partial charge >= 0.3 is 0 Å². The smallest absolute Gasteiger partial charge is 0.267 e. The number of nitrogen functional groups attached to an aromatic ring is 1. The Bertz CT molecular complexity index is 537. The van der Waals surface area contributed by atoms with Crippen molar-refractivity contribution in [1.82, 2.24) is 14.8 Å². The molecule has 21 heavy (non-hydrogen) atoms. The number of carbonyl (C=O) groups excluding carboxylic acids is 2. The van der Waals surface area contributed by atoms with Crippen LogP contribution in [0.2, 0.25) is 0 Å². The SMILES string of the molecule is CCN(C)c1nc(N)c(C(=O)N2CCN(C(C)=O)CC2)s1. The van der Waals surface area contributed by atoms with E-state index in [0.717, 1.165) is 11.7 Å². The van der Waals surface area contributed by atoms with Crippen molar-refractivity contribution in [3.8, 4) is 0 Å². The topological polar surface area (TPSA) is 82.8 Å². The zero-order chi connectivity index (χ0) is 15.6. The maximum atomic E-state index is 12.5. The standard InChI is InChI=1S/C13H21N5O2S/c1-4-16(3)13-15-11(14)10(21-13)12(20)18-7-5-17(6-8-18)9(2)19/h4-8,14H2,1-3H3. The lowest BCUT2D eigenvalue weighted by Gasteiger charge is -2.33. The van der Waals surface area contributed by atoms with Crippen LogP contribution >= 0.6 is 11.3 Å². The van der Waals surface area contributed by atoms with Gasteiger partial charge in [0.2, 0.25) is 5.91 Å². The lowest BCUT2D eigenvalue weighted by atomic mass is 10.3. The summed E-state index contributed by atoms with van der Waals surface area (Å²) in [4.78, 5) is 34.0. The molecule has 2 rings (SSSR count). The van der Waals surface area contributed by atoms with Crippen molar-refractivity contribution in [1.29, 1.82) is 0 Å². The molecule has 2 amide bonds. The van der Waals surface area contributed by atoms with E-state index in [-0.39, 0.29) is 17.6 Å². The van der Waals surface area contributed by atoms with E-state index in [1.54, 1.807) is 16.7 Å². The first-order chi connectivity index (χ1) is 9.93. The zero-order valence-corrected chi connectivity index (χ0v) is 13.4. The van der Waals surface area contributed by atoms with E-state index in [4.69, 9.17) is 5.73 Å². The summed E-state index contributed by atoms with van der Waals surface area (Å²) in [5.41, 5.74) is 5.88. The molecular weight excluding hydrogens is 290 g/mol. The van der Waals surface area contributed by atoms with Crippen molar-refractivity contribution in [3.05, 3.63) is 4.88 Å². The summed E-state index contributed by atoms with van der Waals surface area (Å²) in [5, 5.41) is 0.751. The first-order valence-corrected chi connectivity index (χ1v) is 7.78. The number of hydrogen-bond acceptors (Lipinski definition) is 6. The van der Waals surface area contributed by atoms with Gasteiger partial charge in [-0.2, -0.15) is 0 Å². The van der Waals surface area contributed by atoms with Gasteiger partial charge in [0.1, 0.15) is 10.7 Å². The highest BCUT2D eigenvalue weighted by atomic mass is 32.1. The predicted molar refractivity (Wildman–Crippen MR) is 83.6 cm³/mol. The number of nitrogens with zero attached hydrogens (tertiary/aromatic N) is 4. The molecule has 1 fully saturated rings. The third-order valence-corrected chi connectivity index (χ3v) is 4.82. The summed E-state index contributed by atoms with van der Waals surface area (Å²) in [6.07, 6.45) is 0. The molecule has 0 aromatic carbocycles. The van der Waals surface area contributed by atoms with E-state index in [1.807, 2.05) is 18.9 Å². The van der Waals surface area contributed by atoms with Crippen LogP contribution in [0.4, 0.5) is 10.9 Å². The molecule has 1 saturated heterocycles. The number of piperazine rings is 1. The van der Waals surface area contributed by atoms with Gasteiger partial charge in [0.25, 0.3) is 5.91 Å². The molecule has 2 heterocycles. The van der Waals surface area contributed by atoms with Gasteiger partial charge in [0.15, 0.2) is 5.13 Å². The summed E-state index contributed by atoms with van der Waals surface area (Å²) in [6, 6.07) is 0. The number of carbonyl (C=O) groups is 2. The van der Waals surface area contributed by atoms with Crippen LogP contribution in [0.1, 0.15) is 23.5 Å². The first kappa shape index (κ1) is 15.6. The average Bonchev–Trinajstić information content (AvgIpc) is 2.87. The molecule has 2 N–H and O–H groups in total. The number of amides is 2. The Kier molecular flexibility index (Phi) is 4.66. The number of anilines is 2. The number of aromatic nitrogens is 1.